The average molecular weight is 433 g/mol. The predicted molar refractivity (Wildman–Crippen MR) is 121 cm³/mol. The molecule has 29 heavy (non-hydrogen) atoms. The van der Waals surface area contributed by atoms with Crippen LogP contribution in [0.2, 0.25) is 5.02 Å². The molecule has 1 atom stereocenters. The largest absolute Gasteiger partial charge is 0.350 e. The molecular weight excluding hydrogens is 404 g/mol. The van der Waals surface area contributed by atoms with Crippen LogP contribution in [0.4, 0.5) is 0 Å². The van der Waals surface area contributed by atoms with Crippen molar-refractivity contribution in [2.24, 2.45) is 0 Å². The van der Waals surface area contributed by atoms with Gasteiger partial charge in [0.2, 0.25) is 11.8 Å². The number of hydrogen-bond donors (Lipinski definition) is 1. The Bertz CT molecular complexity index is 821. The summed E-state index contributed by atoms with van der Waals surface area (Å²) >= 11 is 7.80. The van der Waals surface area contributed by atoms with Crippen molar-refractivity contribution in [2.45, 2.75) is 57.1 Å². The molecule has 0 unspecified atom stereocenters. The lowest BCUT2D eigenvalue weighted by Gasteiger charge is -2.33. The molecule has 4 nitrogen and oxygen atoms in total. The summed E-state index contributed by atoms with van der Waals surface area (Å²) in [6, 6.07) is 16.6. The van der Waals surface area contributed by atoms with E-state index in [-0.39, 0.29) is 23.1 Å². The number of thioether (sulfide) groups is 1. The number of carbonyl (C=O) groups excluding carboxylic acids is 2. The molecular formula is C23H29ClN2O2S. The highest BCUT2D eigenvalue weighted by molar-refractivity contribution is 8.00. The van der Waals surface area contributed by atoms with E-state index in [0.29, 0.717) is 18.0 Å². The van der Waals surface area contributed by atoms with Crippen LogP contribution in [0.5, 0.6) is 0 Å². The summed E-state index contributed by atoms with van der Waals surface area (Å²) in [4.78, 5) is 28.8. The Morgan fingerprint density at radius 1 is 1.07 bits per heavy atom. The SMILES string of the molecule is CC[C@@H](C(=O)NC(C)(C)C)N(Cc1ccccc1Cl)C(=O)CSc1ccccc1. The molecule has 0 saturated carbocycles. The van der Waals surface area contributed by atoms with Gasteiger partial charge in [0, 0.05) is 22.0 Å². The number of nitrogens with zero attached hydrogens (tertiary/aromatic N) is 1. The molecule has 2 amide bonds. The molecule has 2 aromatic rings. The monoisotopic (exact) mass is 432 g/mol. The van der Waals surface area contributed by atoms with E-state index in [1.165, 1.54) is 11.8 Å². The van der Waals surface area contributed by atoms with Gasteiger partial charge in [0.15, 0.2) is 0 Å². The Labute approximate surface area is 183 Å². The zero-order valence-electron chi connectivity index (χ0n) is 17.4. The summed E-state index contributed by atoms with van der Waals surface area (Å²) in [7, 11) is 0. The van der Waals surface area contributed by atoms with Gasteiger partial charge in [-0.3, -0.25) is 9.59 Å². The molecule has 0 aliphatic rings. The molecule has 0 aliphatic carbocycles. The van der Waals surface area contributed by atoms with Crippen molar-refractivity contribution in [3.8, 4) is 0 Å². The van der Waals surface area contributed by atoms with Gasteiger partial charge in [-0.15, -0.1) is 11.8 Å². The fourth-order valence-electron chi connectivity index (χ4n) is 2.93. The maximum Gasteiger partial charge on any atom is 0.243 e. The van der Waals surface area contributed by atoms with Crippen molar-refractivity contribution >= 4 is 35.2 Å². The normalized spacial score (nSPS) is 12.3. The maximum atomic E-state index is 13.2. The highest BCUT2D eigenvalue weighted by Crippen LogP contribution is 2.23. The molecule has 0 saturated heterocycles. The maximum absolute atomic E-state index is 13.2. The van der Waals surface area contributed by atoms with Crippen molar-refractivity contribution in [3.63, 3.8) is 0 Å². The van der Waals surface area contributed by atoms with E-state index in [1.807, 2.05) is 76.2 Å². The van der Waals surface area contributed by atoms with Crippen LogP contribution in [0.3, 0.4) is 0 Å². The van der Waals surface area contributed by atoms with Crippen LogP contribution in [0.15, 0.2) is 59.5 Å². The number of amides is 2. The summed E-state index contributed by atoms with van der Waals surface area (Å²) in [5.41, 5.74) is 0.455. The summed E-state index contributed by atoms with van der Waals surface area (Å²) in [5.74, 6) is 0.0214. The summed E-state index contributed by atoms with van der Waals surface area (Å²) in [6.07, 6.45) is 0.522. The molecule has 2 rings (SSSR count). The number of halogens is 1. The molecule has 0 aromatic heterocycles. The predicted octanol–water partition coefficient (Wildman–Crippen LogP) is 5.15. The summed E-state index contributed by atoms with van der Waals surface area (Å²) in [5, 5.41) is 3.60. The van der Waals surface area contributed by atoms with Crippen LogP contribution in [-0.4, -0.2) is 34.0 Å². The molecule has 1 N–H and O–H groups in total. The van der Waals surface area contributed by atoms with Crippen molar-refractivity contribution < 1.29 is 9.59 Å². The first-order chi connectivity index (χ1) is 13.7. The molecule has 0 aliphatic heterocycles. The Balaban J connectivity index is 2.24. The minimum absolute atomic E-state index is 0.0883. The van der Waals surface area contributed by atoms with E-state index in [0.717, 1.165) is 10.5 Å². The van der Waals surface area contributed by atoms with E-state index in [9.17, 15) is 9.59 Å². The lowest BCUT2D eigenvalue weighted by atomic mass is 10.1. The van der Waals surface area contributed by atoms with Gasteiger partial charge in [-0.05, 0) is 51.0 Å². The topological polar surface area (TPSA) is 49.4 Å². The molecule has 0 fully saturated rings. The van der Waals surface area contributed by atoms with E-state index >= 15 is 0 Å². The first-order valence-corrected chi connectivity index (χ1v) is 11.1. The van der Waals surface area contributed by atoms with Gasteiger partial charge < -0.3 is 10.2 Å². The van der Waals surface area contributed by atoms with Gasteiger partial charge in [0.25, 0.3) is 0 Å². The smallest absolute Gasteiger partial charge is 0.243 e. The molecule has 2 aromatic carbocycles. The van der Waals surface area contributed by atoms with E-state index in [2.05, 4.69) is 5.32 Å². The van der Waals surface area contributed by atoms with Crippen LogP contribution in [0.25, 0.3) is 0 Å². The number of nitrogens with one attached hydrogen (secondary N) is 1. The quantitative estimate of drug-likeness (QED) is 0.586. The number of rotatable bonds is 8. The van der Waals surface area contributed by atoms with Crippen molar-refractivity contribution in [2.75, 3.05) is 5.75 Å². The number of benzene rings is 2. The fourth-order valence-corrected chi connectivity index (χ4v) is 3.93. The third-order valence-electron chi connectivity index (χ3n) is 4.29. The van der Waals surface area contributed by atoms with Gasteiger partial charge in [-0.1, -0.05) is 54.9 Å². The zero-order chi connectivity index (χ0) is 21.4. The van der Waals surface area contributed by atoms with Crippen LogP contribution in [0, 0.1) is 0 Å². The van der Waals surface area contributed by atoms with E-state index in [4.69, 9.17) is 11.6 Å². The van der Waals surface area contributed by atoms with Crippen molar-refractivity contribution in [1.82, 2.24) is 10.2 Å². The molecule has 0 heterocycles. The second-order valence-corrected chi connectivity index (χ2v) is 9.33. The Hall–Kier alpha value is -1.98. The highest BCUT2D eigenvalue weighted by Gasteiger charge is 2.30. The minimum Gasteiger partial charge on any atom is -0.350 e. The van der Waals surface area contributed by atoms with Crippen LogP contribution in [0.1, 0.15) is 39.7 Å². The second kappa shape index (κ2) is 10.7. The lowest BCUT2D eigenvalue weighted by Crippen LogP contribution is -2.53. The fraction of sp³-hybridized carbons (Fsp3) is 0.391. The van der Waals surface area contributed by atoms with Gasteiger partial charge in [0.05, 0.1) is 5.75 Å². The summed E-state index contributed by atoms with van der Waals surface area (Å²) in [6.45, 7) is 8.02. The van der Waals surface area contributed by atoms with Gasteiger partial charge in [-0.25, -0.2) is 0 Å². The van der Waals surface area contributed by atoms with Gasteiger partial charge >= 0.3 is 0 Å². The number of hydrogen-bond acceptors (Lipinski definition) is 3. The molecule has 156 valence electrons. The average Bonchev–Trinajstić information content (AvgIpc) is 2.67. The second-order valence-electron chi connectivity index (χ2n) is 7.88. The Kier molecular flexibility index (Phi) is 8.60. The van der Waals surface area contributed by atoms with Gasteiger partial charge in [0.1, 0.15) is 6.04 Å². The number of carbonyl (C=O) groups is 2. The van der Waals surface area contributed by atoms with E-state index < -0.39 is 6.04 Å². The molecule has 0 bridgehead atoms. The summed E-state index contributed by atoms with van der Waals surface area (Å²) < 4.78 is 0. The molecule has 6 heteroatoms. The lowest BCUT2D eigenvalue weighted by molar-refractivity contribution is -0.140. The highest BCUT2D eigenvalue weighted by atomic mass is 35.5. The van der Waals surface area contributed by atoms with Crippen LogP contribution >= 0.6 is 23.4 Å². The zero-order valence-corrected chi connectivity index (χ0v) is 19.0. The van der Waals surface area contributed by atoms with Crippen LogP contribution < -0.4 is 5.32 Å². The third-order valence-corrected chi connectivity index (χ3v) is 5.65. The van der Waals surface area contributed by atoms with Crippen molar-refractivity contribution in [3.05, 3.63) is 65.2 Å². The molecule has 0 radical (unpaired) electrons. The van der Waals surface area contributed by atoms with Crippen molar-refractivity contribution in [1.29, 1.82) is 0 Å². The Morgan fingerprint density at radius 2 is 1.69 bits per heavy atom. The Morgan fingerprint density at radius 3 is 2.28 bits per heavy atom. The molecule has 0 spiro atoms. The third kappa shape index (κ3) is 7.41. The minimum atomic E-state index is -0.561. The van der Waals surface area contributed by atoms with E-state index in [1.54, 1.807) is 11.0 Å². The van der Waals surface area contributed by atoms with Crippen LogP contribution in [-0.2, 0) is 16.1 Å². The standard InChI is InChI=1S/C23H29ClN2O2S/c1-5-20(22(28)25-23(2,3)4)26(15-17-11-9-10-14-19(17)24)21(27)16-29-18-12-7-6-8-13-18/h6-14,20H,5,15-16H2,1-4H3,(H,25,28)/t20-/m0/s1. The first-order valence-electron chi connectivity index (χ1n) is 9.74. The van der Waals surface area contributed by atoms with Gasteiger partial charge in [-0.2, -0.15) is 0 Å². The first kappa shape index (κ1) is 23.3.